The van der Waals surface area contributed by atoms with Gasteiger partial charge in [-0.25, -0.2) is 4.79 Å². The number of benzene rings is 1. The maximum absolute atomic E-state index is 12.1. The number of amides is 1. The monoisotopic (exact) mass is 334 g/mol. The van der Waals surface area contributed by atoms with Crippen molar-refractivity contribution in [3.63, 3.8) is 0 Å². The summed E-state index contributed by atoms with van der Waals surface area (Å²) in [6.07, 6.45) is 0.125. The molecular weight excluding hydrogens is 308 g/mol. The topological polar surface area (TPSA) is 70.1 Å². The van der Waals surface area contributed by atoms with Crippen molar-refractivity contribution in [2.24, 2.45) is 0 Å². The molecule has 0 aliphatic carbocycles. The van der Waals surface area contributed by atoms with Gasteiger partial charge in [0, 0.05) is 26.2 Å². The number of carboxylic acid groups (broad SMARTS) is 1. The molecule has 24 heavy (non-hydrogen) atoms. The van der Waals surface area contributed by atoms with E-state index in [1.54, 1.807) is 4.90 Å². The van der Waals surface area contributed by atoms with Gasteiger partial charge in [-0.15, -0.1) is 0 Å². The van der Waals surface area contributed by atoms with Crippen LogP contribution in [0.3, 0.4) is 0 Å². The molecule has 1 saturated heterocycles. The smallest absolute Gasteiger partial charge is 0.410 e. The number of carboxylic acids is 1. The van der Waals surface area contributed by atoms with Gasteiger partial charge in [-0.1, -0.05) is 30.3 Å². The lowest BCUT2D eigenvalue weighted by Crippen LogP contribution is -2.55. The molecule has 1 N–H and O–H groups in total. The summed E-state index contributed by atoms with van der Waals surface area (Å²) >= 11 is 0. The first-order chi connectivity index (χ1) is 11.3. The van der Waals surface area contributed by atoms with Gasteiger partial charge in [0.05, 0.1) is 0 Å². The van der Waals surface area contributed by atoms with Crippen molar-refractivity contribution >= 4 is 12.1 Å². The van der Waals surface area contributed by atoms with E-state index in [9.17, 15) is 14.7 Å². The van der Waals surface area contributed by atoms with E-state index in [-0.39, 0.29) is 6.09 Å². The van der Waals surface area contributed by atoms with Crippen LogP contribution in [0, 0.1) is 0 Å². The number of hydrogen-bond acceptors (Lipinski definition) is 4. The molecule has 0 aromatic heterocycles. The molecule has 0 radical (unpaired) electrons. The number of hydrogen-bond donors (Lipinski definition) is 1. The van der Waals surface area contributed by atoms with Gasteiger partial charge >= 0.3 is 12.1 Å². The van der Waals surface area contributed by atoms with Crippen molar-refractivity contribution in [1.82, 2.24) is 9.80 Å². The van der Waals surface area contributed by atoms with Crippen molar-refractivity contribution in [2.45, 2.75) is 38.8 Å². The fourth-order valence-electron chi connectivity index (χ4n) is 2.75. The summed E-state index contributed by atoms with van der Waals surface area (Å²) in [6, 6.07) is 9.04. The Hall–Kier alpha value is -2.08. The third-order valence-electron chi connectivity index (χ3n) is 3.96. The summed E-state index contributed by atoms with van der Waals surface area (Å²) in [6.45, 7) is 7.53. The highest BCUT2D eigenvalue weighted by Crippen LogP contribution is 2.15. The largest absolute Gasteiger partial charge is 0.480 e. The van der Waals surface area contributed by atoms with E-state index in [1.165, 1.54) is 0 Å². The van der Waals surface area contributed by atoms with E-state index < -0.39 is 17.6 Å². The standard InChI is InChI=1S/C18H26N2O4/c1-18(2,3)24-17(23)20-11-9-19(10-12-20)15(16(21)22)13-14-7-5-4-6-8-14/h4-8,15H,9-13H2,1-3H3,(H,21,22). The summed E-state index contributed by atoms with van der Waals surface area (Å²) in [5, 5.41) is 9.57. The lowest BCUT2D eigenvalue weighted by Gasteiger charge is -2.38. The summed E-state index contributed by atoms with van der Waals surface area (Å²) in [5.74, 6) is -0.829. The molecule has 1 atom stereocenters. The number of aliphatic carboxylic acids is 1. The Morgan fingerprint density at radius 3 is 2.21 bits per heavy atom. The number of carbonyl (C=O) groups is 2. The summed E-state index contributed by atoms with van der Waals surface area (Å²) in [7, 11) is 0. The molecule has 6 heteroatoms. The van der Waals surface area contributed by atoms with Gasteiger partial charge in [0.1, 0.15) is 11.6 Å². The molecule has 0 bridgehead atoms. The summed E-state index contributed by atoms with van der Waals surface area (Å²) < 4.78 is 5.37. The molecule has 132 valence electrons. The van der Waals surface area contributed by atoms with Gasteiger partial charge < -0.3 is 14.7 Å². The molecule has 1 aromatic carbocycles. The first kappa shape index (κ1) is 18.3. The molecule has 0 saturated carbocycles. The predicted octanol–water partition coefficient (Wildman–Crippen LogP) is 2.24. The van der Waals surface area contributed by atoms with Gasteiger partial charge in [-0.3, -0.25) is 9.69 Å². The minimum absolute atomic E-state index is 0.336. The molecule has 6 nitrogen and oxygen atoms in total. The number of rotatable bonds is 4. The minimum atomic E-state index is -0.829. The first-order valence-corrected chi connectivity index (χ1v) is 8.25. The highest BCUT2D eigenvalue weighted by molar-refractivity contribution is 5.74. The van der Waals surface area contributed by atoms with E-state index in [0.29, 0.717) is 32.6 Å². The second-order valence-corrected chi connectivity index (χ2v) is 7.05. The molecule has 1 fully saturated rings. The Morgan fingerprint density at radius 1 is 1.12 bits per heavy atom. The second kappa shape index (κ2) is 7.66. The molecule has 2 rings (SSSR count). The van der Waals surface area contributed by atoms with Gasteiger partial charge in [0.25, 0.3) is 0 Å². The van der Waals surface area contributed by atoms with E-state index >= 15 is 0 Å². The molecule has 1 aromatic rings. The quantitative estimate of drug-likeness (QED) is 0.914. The van der Waals surface area contributed by atoms with Crippen LogP contribution in [0.1, 0.15) is 26.3 Å². The van der Waals surface area contributed by atoms with Crippen LogP contribution >= 0.6 is 0 Å². The highest BCUT2D eigenvalue weighted by atomic mass is 16.6. The van der Waals surface area contributed by atoms with Gasteiger partial charge in [0.15, 0.2) is 0 Å². The zero-order valence-electron chi connectivity index (χ0n) is 14.6. The number of carbonyl (C=O) groups excluding carboxylic acids is 1. The maximum Gasteiger partial charge on any atom is 0.410 e. The van der Waals surface area contributed by atoms with Crippen molar-refractivity contribution in [2.75, 3.05) is 26.2 Å². The lowest BCUT2D eigenvalue weighted by molar-refractivity contribution is -0.143. The fraction of sp³-hybridized carbons (Fsp3) is 0.556. The Labute approximate surface area is 143 Å². The van der Waals surface area contributed by atoms with Crippen molar-refractivity contribution in [3.05, 3.63) is 35.9 Å². The Bertz CT molecular complexity index is 560. The van der Waals surface area contributed by atoms with Crippen molar-refractivity contribution in [3.8, 4) is 0 Å². The Kier molecular flexibility index (Phi) is 5.83. The summed E-state index contributed by atoms with van der Waals surface area (Å²) in [5.41, 5.74) is 0.477. The van der Waals surface area contributed by atoms with Crippen LogP contribution in [0.2, 0.25) is 0 Å². The van der Waals surface area contributed by atoms with Crippen LogP contribution in [0.4, 0.5) is 4.79 Å². The highest BCUT2D eigenvalue weighted by Gasteiger charge is 2.31. The maximum atomic E-state index is 12.1. The molecule has 1 heterocycles. The SMILES string of the molecule is CC(C)(C)OC(=O)N1CCN(C(Cc2ccccc2)C(=O)O)CC1. The molecular formula is C18H26N2O4. The van der Waals surface area contributed by atoms with Crippen molar-refractivity contribution < 1.29 is 19.4 Å². The van der Waals surface area contributed by atoms with Crippen LogP contribution in [0.25, 0.3) is 0 Å². The Morgan fingerprint density at radius 2 is 1.71 bits per heavy atom. The zero-order chi connectivity index (χ0) is 17.7. The fourth-order valence-corrected chi connectivity index (χ4v) is 2.75. The predicted molar refractivity (Wildman–Crippen MR) is 90.9 cm³/mol. The van der Waals surface area contributed by atoms with Crippen LogP contribution in [0.5, 0.6) is 0 Å². The first-order valence-electron chi connectivity index (χ1n) is 8.25. The van der Waals surface area contributed by atoms with Crippen LogP contribution in [0.15, 0.2) is 30.3 Å². The van der Waals surface area contributed by atoms with E-state index in [0.717, 1.165) is 5.56 Å². The number of nitrogens with zero attached hydrogens (tertiary/aromatic N) is 2. The lowest BCUT2D eigenvalue weighted by atomic mass is 10.0. The molecule has 1 amide bonds. The minimum Gasteiger partial charge on any atom is -0.480 e. The normalized spacial score (nSPS) is 17.4. The van der Waals surface area contributed by atoms with E-state index in [1.807, 2.05) is 56.0 Å². The van der Waals surface area contributed by atoms with E-state index in [2.05, 4.69) is 0 Å². The molecule has 1 aliphatic heterocycles. The Balaban J connectivity index is 1.93. The third-order valence-corrected chi connectivity index (χ3v) is 3.96. The molecule has 1 aliphatic rings. The van der Waals surface area contributed by atoms with Crippen LogP contribution in [-0.2, 0) is 16.0 Å². The average molecular weight is 334 g/mol. The number of ether oxygens (including phenoxy) is 1. The van der Waals surface area contributed by atoms with Crippen molar-refractivity contribution in [1.29, 1.82) is 0 Å². The average Bonchev–Trinajstić information content (AvgIpc) is 2.52. The summed E-state index contributed by atoms with van der Waals surface area (Å²) in [4.78, 5) is 27.3. The number of piperazine rings is 1. The molecule has 0 spiro atoms. The second-order valence-electron chi connectivity index (χ2n) is 7.05. The van der Waals surface area contributed by atoms with Gasteiger partial charge in [-0.05, 0) is 32.8 Å². The third kappa shape index (κ3) is 5.23. The van der Waals surface area contributed by atoms with E-state index in [4.69, 9.17) is 4.74 Å². The molecule has 1 unspecified atom stereocenters. The van der Waals surface area contributed by atoms with Crippen LogP contribution in [-0.4, -0.2) is 64.8 Å². The van der Waals surface area contributed by atoms with Gasteiger partial charge in [0.2, 0.25) is 0 Å². The zero-order valence-corrected chi connectivity index (χ0v) is 14.6. The van der Waals surface area contributed by atoms with Gasteiger partial charge in [-0.2, -0.15) is 0 Å². The van der Waals surface area contributed by atoms with Crippen LogP contribution < -0.4 is 0 Å².